The van der Waals surface area contributed by atoms with Gasteiger partial charge in [-0.2, -0.15) is 0 Å². The minimum absolute atomic E-state index is 0.344. The zero-order chi connectivity index (χ0) is 12.8. The van der Waals surface area contributed by atoms with E-state index in [1.165, 1.54) is 0 Å². The molecular weight excluding hydrogens is 279 g/mol. The Hall–Kier alpha value is -0.630. The number of rotatable bonds is 5. The van der Waals surface area contributed by atoms with Gasteiger partial charge in [0.2, 0.25) is 0 Å². The fraction of sp³-hybridized carbons (Fsp3) is 0.231. The van der Waals surface area contributed by atoms with Gasteiger partial charge in [-0.15, -0.1) is 6.58 Å². The standard InChI is InChI=1S/C13H13Cl3O/c1-3-5-11(13(16)17-4-2)10-7-6-9(14)8-12(10)15/h3,6-8H,1,4-5H2,2H3/b13-11-. The lowest BCUT2D eigenvalue weighted by Gasteiger charge is -2.11. The van der Waals surface area contributed by atoms with Crippen molar-refractivity contribution in [3.05, 3.63) is 51.7 Å². The van der Waals surface area contributed by atoms with Crippen LogP contribution in [0.5, 0.6) is 0 Å². The average Bonchev–Trinajstić information content (AvgIpc) is 2.27. The Bertz CT molecular complexity index is 438. The topological polar surface area (TPSA) is 9.23 Å². The van der Waals surface area contributed by atoms with Crippen LogP contribution in [-0.4, -0.2) is 6.61 Å². The number of ether oxygens (including phenoxy) is 1. The van der Waals surface area contributed by atoms with E-state index in [9.17, 15) is 0 Å². The maximum atomic E-state index is 6.14. The summed E-state index contributed by atoms with van der Waals surface area (Å²) in [4.78, 5) is 0. The normalized spacial score (nSPS) is 12.0. The second kappa shape index (κ2) is 6.95. The van der Waals surface area contributed by atoms with Crippen molar-refractivity contribution in [1.29, 1.82) is 0 Å². The van der Waals surface area contributed by atoms with Gasteiger partial charge >= 0.3 is 0 Å². The first-order chi connectivity index (χ1) is 8.10. The SMILES string of the molecule is C=CC/C(=C(\Cl)OCC)c1ccc(Cl)cc1Cl. The summed E-state index contributed by atoms with van der Waals surface area (Å²) in [6.45, 7) is 6.08. The van der Waals surface area contributed by atoms with E-state index in [0.29, 0.717) is 28.3 Å². The Kier molecular flexibility index (Phi) is 5.90. The lowest BCUT2D eigenvalue weighted by Crippen LogP contribution is -1.93. The molecule has 0 aliphatic rings. The van der Waals surface area contributed by atoms with Gasteiger partial charge in [-0.25, -0.2) is 0 Å². The smallest absolute Gasteiger partial charge is 0.191 e. The summed E-state index contributed by atoms with van der Waals surface area (Å²) in [6, 6.07) is 5.27. The third kappa shape index (κ3) is 3.95. The van der Waals surface area contributed by atoms with E-state index < -0.39 is 0 Å². The largest absolute Gasteiger partial charge is 0.483 e. The molecule has 0 N–H and O–H groups in total. The van der Waals surface area contributed by atoms with Crippen molar-refractivity contribution >= 4 is 40.4 Å². The van der Waals surface area contributed by atoms with Crippen molar-refractivity contribution in [1.82, 2.24) is 0 Å². The number of allylic oxidation sites excluding steroid dienone is 2. The Morgan fingerprint density at radius 3 is 2.65 bits per heavy atom. The van der Waals surface area contributed by atoms with Crippen molar-refractivity contribution in [2.45, 2.75) is 13.3 Å². The third-order valence-corrected chi connectivity index (χ3v) is 3.00. The first-order valence-electron chi connectivity index (χ1n) is 5.17. The molecule has 0 fully saturated rings. The molecule has 92 valence electrons. The monoisotopic (exact) mass is 290 g/mol. The molecule has 0 bridgehead atoms. The molecule has 0 spiro atoms. The van der Waals surface area contributed by atoms with Crippen LogP contribution in [0, 0.1) is 0 Å². The van der Waals surface area contributed by atoms with Crippen LogP contribution in [0.25, 0.3) is 5.57 Å². The minimum atomic E-state index is 0.344. The van der Waals surface area contributed by atoms with Gasteiger partial charge < -0.3 is 4.74 Å². The zero-order valence-electron chi connectivity index (χ0n) is 9.47. The summed E-state index contributed by atoms with van der Waals surface area (Å²) < 4.78 is 5.30. The molecule has 0 unspecified atom stereocenters. The summed E-state index contributed by atoms with van der Waals surface area (Å²) in [5, 5.41) is 1.48. The van der Waals surface area contributed by atoms with Crippen molar-refractivity contribution in [2.75, 3.05) is 6.61 Å². The van der Waals surface area contributed by atoms with E-state index in [-0.39, 0.29) is 0 Å². The maximum Gasteiger partial charge on any atom is 0.191 e. The van der Waals surface area contributed by atoms with Gasteiger partial charge in [0.25, 0.3) is 0 Å². The molecule has 0 aliphatic carbocycles. The van der Waals surface area contributed by atoms with Crippen LogP contribution < -0.4 is 0 Å². The Morgan fingerprint density at radius 1 is 1.41 bits per heavy atom. The van der Waals surface area contributed by atoms with Gasteiger partial charge in [-0.05, 0) is 37.1 Å². The van der Waals surface area contributed by atoms with E-state index in [4.69, 9.17) is 39.5 Å². The molecule has 0 aromatic heterocycles. The fourth-order valence-electron chi connectivity index (χ4n) is 1.39. The first-order valence-corrected chi connectivity index (χ1v) is 6.31. The van der Waals surface area contributed by atoms with Crippen molar-refractivity contribution in [2.24, 2.45) is 0 Å². The number of benzene rings is 1. The molecule has 0 saturated heterocycles. The fourth-order valence-corrected chi connectivity index (χ4v) is 2.20. The Balaban J connectivity index is 3.22. The van der Waals surface area contributed by atoms with Gasteiger partial charge in [-0.1, -0.05) is 35.3 Å². The highest BCUT2D eigenvalue weighted by atomic mass is 35.5. The Labute approximate surface area is 117 Å². The second-order valence-electron chi connectivity index (χ2n) is 3.30. The quantitative estimate of drug-likeness (QED) is 0.513. The van der Waals surface area contributed by atoms with E-state index in [0.717, 1.165) is 11.1 Å². The van der Waals surface area contributed by atoms with Crippen molar-refractivity contribution in [3.63, 3.8) is 0 Å². The molecule has 0 heterocycles. The van der Waals surface area contributed by atoms with Gasteiger partial charge in [0.05, 0.1) is 6.61 Å². The summed E-state index contributed by atoms with van der Waals surface area (Å²) in [6.07, 6.45) is 2.34. The Morgan fingerprint density at radius 2 is 2.12 bits per heavy atom. The van der Waals surface area contributed by atoms with E-state index >= 15 is 0 Å². The molecule has 4 heteroatoms. The zero-order valence-corrected chi connectivity index (χ0v) is 11.7. The molecule has 0 saturated carbocycles. The summed E-state index contributed by atoms with van der Waals surface area (Å²) in [5.41, 5.74) is 1.62. The molecule has 17 heavy (non-hydrogen) atoms. The number of halogens is 3. The van der Waals surface area contributed by atoms with E-state index in [2.05, 4.69) is 6.58 Å². The molecule has 0 atom stereocenters. The van der Waals surface area contributed by atoms with Crippen LogP contribution in [0.15, 0.2) is 36.1 Å². The van der Waals surface area contributed by atoms with Crippen LogP contribution in [0.4, 0.5) is 0 Å². The van der Waals surface area contributed by atoms with Crippen LogP contribution >= 0.6 is 34.8 Å². The molecule has 1 aromatic carbocycles. The molecule has 0 radical (unpaired) electrons. The van der Waals surface area contributed by atoms with Gasteiger partial charge in [0.1, 0.15) is 0 Å². The molecule has 0 amide bonds. The third-order valence-electron chi connectivity index (χ3n) is 2.11. The van der Waals surface area contributed by atoms with Crippen LogP contribution in [0.2, 0.25) is 10.0 Å². The highest BCUT2D eigenvalue weighted by Crippen LogP contribution is 2.32. The predicted molar refractivity (Wildman–Crippen MR) is 75.7 cm³/mol. The van der Waals surface area contributed by atoms with Crippen LogP contribution in [-0.2, 0) is 4.74 Å². The molecule has 1 aromatic rings. The minimum Gasteiger partial charge on any atom is -0.483 e. The molecule has 1 rings (SSSR count). The number of hydrogen-bond acceptors (Lipinski definition) is 1. The van der Waals surface area contributed by atoms with Gasteiger partial charge in [0.15, 0.2) is 5.22 Å². The first kappa shape index (κ1) is 14.4. The highest BCUT2D eigenvalue weighted by molar-refractivity contribution is 6.36. The summed E-state index contributed by atoms with van der Waals surface area (Å²) in [5.74, 6) is 0. The van der Waals surface area contributed by atoms with Crippen LogP contribution in [0.1, 0.15) is 18.9 Å². The van der Waals surface area contributed by atoms with Crippen molar-refractivity contribution in [3.8, 4) is 0 Å². The molecule has 0 aliphatic heterocycles. The highest BCUT2D eigenvalue weighted by Gasteiger charge is 2.11. The second-order valence-corrected chi connectivity index (χ2v) is 4.49. The summed E-state index contributed by atoms with van der Waals surface area (Å²) in [7, 11) is 0. The average molecular weight is 292 g/mol. The predicted octanol–water partition coefficient (Wildman–Crippen LogP) is 5.51. The van der Waals surface area contributed by atoms with Crippen LogP contribution in [0.3, 0.4) is 0 Å². The molecule has 1 nitrogen and oxygen atoms in total. The van der Waals surface area contributed by atoms with E-state index in [1.54, 1.807) is 18.2 Å². The van der Waals surface area contributed by atoms with E-state index in [1.807, 2.05) is 13.0 Å². The van der Waals surface area contributed by atoms with Crippen molar-refractivity contribution < 1.29 is 4.74 Å². The van der Waals surface area contributed by atoms with Gasteiger partial charge in [-0.3, -0.25) is 0 Å². The summed E-state index contributed by atoms with van der Waals surface area (Å²) >= 11 is 18.1. The molecular formula is C13H13Cl3O. The lowest BCUT2D eigenvalue weighted by atomic mass is 10.0. The van der Waals surface area contributed by atoms with Gasteiger partial charge in [0, 0.05) is 21.2 Å². The maximum absolute atomic E-state index is 6.14. The number of hydrogen-bond donors (Lipinski definition) is 0. The lowest BCUT2D eigenvalue weighted by molar-refractivity contribution is 0.256.